The van der Waals surface area contributed by atoms with Crippen molar-refractivity contribution in [3.05, 3.63) is 71.9 Å². The van der Waals surface area contributed by atoms with Crippen LogP contribution in [-0.4, -0.2) is 12.5 Å². The average Bonchev–Trinajstić information content (AvgIpc) is 2.63. The van der Waals surface area contributed by atoms with E-state index >= 15 is 0 Å². The highest BCUT2D eigenvalue weighted by Crippen LogP contribution is 2.15. The Bertz CT molecular complexity index is 731. The number of nitrogens with zero attached hydrogens (tertiary/aromatic N) is 1. The van der Waals surface area contributed by atoms with Crippen LogP contribution in [0.1, 0.15) is 12.5 Å². The number of rotatable bonds is 7. The minimum Gasteiger partial charge on any atom is -0.494 e. The van der Waals surface area contributed by atoms with E-state index in [2.05, 4.69) is 10.6 Å². The van der Waals surface area contributed by atoms with Crippen LogP contribution in [0.3, 0.4) is 0 Å². The van der Waals surface area contributed by atoms with Crippen LogP contribution in [0.4, 0.5) is 5.69 Å². The van der Waals surface area contributed by atoms with Gasteiger partial charge in [0.15, 0.2) is 0 Å². The molecule has 0 aromatic heterocycles. The van der Waals surface area contributed by atoms with Crippen LogP contribution in [0.25, 0.3) is 0 Å². The molecule has 0 radical (unpaired) electrons. The average molecular weight is 321 g/mol. The molecule has 0 aliphatic carbocycles. The molecule has 5 heteroatoms. The number of hydrogen-bond donors (Lipinski definition) is 2. The monoisotopic (exact) mass is 321 g/mol. The molecule has 0 bridgehead atoms. The third-order valence-corrected chi connectivity index (χ3v) is 3.21. The Morgan fingerprint density at radius 1 is 1.17 bits per heavy atom. The zero-order valence-corrected chi connectivity index (χ0v) is 13.5. The van der Waals surface area contributed by atoms with Crippen LogP contribution in [0.2, 0.25) is 0 Å². The molecule has 122 valence electrons. The van der Waals surface area contributed by atoms with E-state index in [1.54, 1.807) is 0 Å². The summed E-state index contributed by atoms with van der Waals surface area (Å²) in [7, 11) is 0. The van der Waals surface area contributed by atoms with Crippen molar-refractivity contribution >= 4 is 11.6 Å². The summed E-state index contributed by atoms with van der Waals surface area (Å²) in [4.78, 5) is 12.0. The number of carbonyl (C=O) groups excluding carboxylic acids is 1. The lowest BCUT2D eigenvalue weighted by atomic mass is 10.2. The summed E-state index contributed by atoms with van der Waals surface area (Å²) in [6, 6.07) is 18.7. The molecular weight excluding hydrogens is 302 g/mol. The first kappa shape index (κ1) is 17.1. The molecule has 24 heavy (non-hydrogen) atoms. The Morgan fingerprint density at radius 2 is 1.88 bits per heavy atom. The molecule has 0 fully saturated rings. The van der Waals surface area contributed by atoms with Crippen LogP contribution in [0, 0.1) is 11.3 Å². The fourth-order valence-corrected chi connectivity index (χ4v) is 1.99. The number of carbonyl (C=O) groups is 1. The largest absolute Gasteiger partial charge is 0.494 e. The lowest BCUT2D eigenvalue weighted by molar-refractivity contribution is -0.117. The van der Waals surface area contributed by atoms with Gasteiger partial charge in [-0.3, -0.25) is 4.79 Å². The zero-order chi connectivity index (χ0) is 17.2. The molecular formula is C19H19N3O2. The highest BCUT2D eigenvalue weighted by molar-refractivity contribution is 5.97. The van der Waals surface area contributed by atoms with Crippen molar-refractivity contribution in [2.24, 2.45) is 0 Å². The molecule has 2 rings (SSSR count). The van der Waals surface area contributed by atoms with E-state index in [1.807, 2.05) is 67.6 Å². The van der Waals surface area contributed by atoms with Gasteiger partial charge in [0.2, 0.25) is 0 Å². The normalized spacial score (nSPS) is 10.6. The van der Waals surface area contributed by atoms with Crippen molar-refractivity contribution in [2.45, 2.75) is 13.5 Å². The third kappa shape index (κ3) is 5.18. The van der Waals surface area contributed by atoms with Gasteiger partial charge in [0.05, 0.1) is 6.61 Å². The second-order valence-corrected chi connectivity index (χ2v) is 4.94. The van der Waals surface area contributed by atoms with Gasteiger partial charge in [0, 0.05) is 18.4 Å². The second-order valence-electron chi connectivity index (χ2n) is 4.94. The Hall–Kier alpha value is -3.26. The van der Waals surface area contributed by atoms with Crippen molar-refractivity contribution in [1.82, 2.24) is 5.32 Å². The maximum absolute atomic E-state index is 12.0. The number of amides is 1. The van der Waals surface area contributed by atoms with Gasteiger partial charge in [-0.25, -0.2) is 0 Å². The van der Waals surface area contributed by atoms with Gasteiger partial charge in [-0.05, 0) is 36.8 Å². The zero-order valence-electron chi connectivity index (χ0n) is 13.5. The number of nitriles is 1. The van der Waals surface area contributed by atoms with E-state index in [-0.39, 0.29) is 5.57 Å². The highest BCUT2D eigenvalue weighted by atomic mass is 16.5. The lowest BCUT2D eigenvalue weighted by Crippen LogP contribution is -2.24. The molecule has 0 unspecified atom stereocenters. The number of anilines is 1. The van der Waals surface area contributed by atoms with Crippen LogP contribution in [-0.2, 0) is 11.3 Å². The van der Waals surface area contributed by atoms with Gasteiger partial charge in [-0.15, -0.1) is 0 Å². The summed E-state index contributed by atoms with van der Waals surface area (Å²) >= 11 is 0. The minimum atomic E-state index is -0.417. The topological polar surface area (TPSA) is 74.1 Å². The molecule has 0 heterocycles. The number of hydrogen-bond acceptors (Lipinski definition) is 4. The number of nitrogens with one attached hydrogen (secondary N) is 2. The van der Waals surface area contributed by atoms with Gasteiger partial charge in [0.1, 0.15) is 17.4 Å². The summed E-state index contributed by atoms with van der Waals surface area (Å²) in [5.74, 6) is 0.355. The second kappa shape index (κ2) is 9.01. The van der Waals surface area contributed by atoms with E-state index in [0.29, 0.717) is 13.2 Å². The van der Waals surface area contributed by atoms with Crippen molar-refractivity contribution in [2.75, 3.05) is 11.9 Å². The van der Waals surface area contributed by atoms with Crippen molar-refractivity contribution in [1.29, 1.82) is 5.26 Å². The summed E-state index contributed by atoms with van der Waals surface area (Å²) in [5, 5.41) is 14.8. The van der Waals surface area contributed by atoms with Gasteiger partial charge in [-0.2, -0.15) is 5.26 Å². The molecule has 2 aromatic rings. The van der Waals surface area contributed by atoms with Crippen LogP contribution < -0.4 is 15.4 Å². The van der Waals surface area contributed by atoms with E-state index in [1.165, 1.54) is 6.20 Å². The fourth-order valence-electron chi connectivity index (χ4n) is 1.99. The standard InChI is InChI=1S/C19H19N3O2/c1-2-24-18-10-8-17(9-11-18)21-14-16(12-20)19(23)22-13-15-6-4-3-5-7-15/h3-11,14,21H,2,13H2,1H3,(H,22,23). The Labute approximate surface area is 141 Å². The molecule has 0 aliphatic rings. The molecule has 0 spiro atoms. The SMILES string of the molecule is CCOc1ccc(NC=C(C#N)C(=O)NCc2ccccc2)cc1. The first-order valence-electron chi connectivity index (χ1n) is 7.64. The van der Waals surface area contributed by atoms with Crippen molar-refractivity contribution in [3.63, 3.8) is 0 Å². The number of benzene rings is 2. The van der Waals surface area contributed by atoms with E-state index in [9.17, 15) is 4.79 Å². The predicted molar refractivity (Wildman–Crippen MR) is 93.2 cm³/mol. The third-order valence-electron chi connectivity index (χ3n) is 3.21. The smallest absolute Gasteiger partial charge is 0.263 e. The molecule has 0 saturated heterocycles. The molecule has 2 N–H and O–H groups in total. The first-order chi connectivity index (χ1) is 11.7. The van der Waals surface area contributed by atoms with E-state index in [0.717, 1.165) is 17.0 Å². The molecule has 0 saturated carbocycles. The summed E-state index contributed by atoms with van der Waals surface area (Å²) in [5.41, 5.74) is 1.75. The summed E-state index contributed by atoms with van der Waals surface area (Å²) in [6.07, 6.45) is 1.40. The summed E-state index contributed by atoms with van der Waals surface area (Å²) in [6.45, 7) is 2.90. The molecule has 2 aromatic carbocycles. The fraction of sp³-hybridized carbons (Fsp3) is 0.158. The maximum atomic E-state index is 12.0. The summed E-state index contributed by atoms with van der Waals surface area (Å²) < 4.78 is 5.36. The van der Waals surface area contributed by atoms with Crippen molar-refractivity contribution < 1.29 is 9.53 Å². The molecule has 1 amide bonds. The quantitative estimate of drug-likeness (QED) is 0.606. The molecule has 0 aliphatic heterocycles. The van der Waals surface area contributed by atoms with E-state index in [4.69, 9.17) is 10.00 Å². The van der Waals surface area contributed by atoms with Gasteiger partial charge < -0.3 is 15.4 Å². The Balaban J connectivity index is 1.93. The van der Waals surface area contributed by atoms with Crippen LogP contribution >= 0.6 is 0 Å². The maximum Gasteiger partial charge on any atom is 0.263 e. The predicted octanol–water partition coefficient (Wildman–Crippen LogP) is 3.22. The number of ether oxygens (including phenoxy) is 1. The first-order valence-corrected chi connectivity index (χ1v) is 7.64. The molecule has 5 nitrogen and oxygen atoms in total. The Morgan fingerprint density at radius 3 is 2.50 bits per heavy atom. The lowest BCUT2D eigenvalue weighted by Gasteiger charge is -2.06. The molecule has 0 atom stereocenters. The van der Waals surface area contributed by atoms with Crippen molar-refractivity contribution in [3.8, 4) is 11.8 Å². The van der Waals surface area contributed by atoms with Gasteiger partial charge in [0.25, 0.3) is 5.91 Å². The van der Waals surface area contributed by atoms with Crippen LogP contribution in [0.15, 0.2) is 66.4 Å². The minimum absolute atomic E-state index is 0.0137. The van der Waals surface area contributed by atoms with Crippen LogP contribution in [0.5, 0.6) is 5.75 Å². The highest BCUT2D eigenvalue weighted by Gasteiger charge is 2.08. The van der Waals surface area contributed by atoms with Gasteiger partial charge in [-0.1, -0.05) is 30.3 Å². The van der Waals surface area contributed by atoms with Gasteiger partial charge >= 0.3 is 0 Å². The van der Waals surface area contributed by atoms with E-state index < -0.39 is 5.91 Å². The Kier molecular flexibility index (Phi) is 6.42.